The van der Waals surface area contributed by atoms with Crippen molar-refractivity contribution in [3.05, 3.63) is 41.6 Å². The highest BCUT2D eigenvalue weighted by Crippen LogP contribution is 2.32. The van der Waals surface area contributed by atoms with Crippen LogP contribution in [0, 0.1) is 5.92 Å². The largest absolute Gasteiger partial charge is 0.350 e. The summed E-state index contributed by atoms with van der Waals surface area (Å²) in [6.45, 7) is 5.43. The van der Waals surface area contributed by atoms with E-state index in [4.69, 9.17) is 4.98 Å². The third kappa shape index (κ3) is 4.66. The predicted octanol–water partition coefficient (Wildman–Crippen LogP) is 4.66. The summed E-state index contributed by atoms with van der Waals surface area (Å²) in [7, 11) is 0. The van der Waals surface area contributed by atoms with Gasteiger partial charge in [0.1, 0.15) is 0 Å². The van der Waals surface area contributed by atoms with Crippen molar-refractivity contribution in [3.8, 4) is 0 Å². The molecule has 5 heteroatoms. The van der Waals surface area contributed by atoms with Crippen LogP contribution in [0.15, 0.2) is 30.3 Å². The molecule has 4 rings (SSSR count). The number of amides is 2. The van der Waals surface area contributed by atoms with Crippen molar-refractivity contribution in [2.24, 2.45) is 5.92 Å². The lowest BCUT2D eigenvalue weighted by Gasteiger charge is -2.18. The number of hydrogen-bond acceptors (Lipinski definition) is 3. The zero-order valence-electron chi connectivity index (χ0n) is 18.2. The SMILES string of the molecule is CC(C)NC(=O)c1cc([C@@H]2CCN(C(=O)CCC3CCCC3)C2)nc2ccccc12. The molecule has 2 amide bonds. The Morgan fingerprint density at radius 1 is 1.17 bits per heavy atom. The monoisotopic (exact) mass is 407 g/mol. The van der Waals surface area contributed by atoms with E-state index in [0.29, 0.717) is 18.5 Å². The molecule has 5 nitrogen and oxygen atoms in total. The van der Waals surface area contributed by atoms with E-state index < -0.39 is 0 Å². The smallest absolute Gasteiger partial charge is 0.252 e. The van der Waals surface area contributed by atoms with Gasteiger partial charge in [0.05, 0.1) is 11.1 Å². The van der Waals surface area contributed by atoms with Gasteiger partial charge in [-0.25, -0.2) is 0 Å². The molecule has 1 aromatic carbocycles. The maximum absolute atomic E-state index is 12.8. The summed E-state index contributed by atoms with van der Waals surface area (Å²) in [5.74, 6) is 1.16. The van der Waals surface area contributed by atoms with E-state index in [2.05, 4.69) is 5.32 Å². The molecule has 0 spiro atoms. The molecule has 0 bridgehead atoms. The summed E-state index contributed by atoms with van der Waals surface area (Å²) in [6, 6.07) is 9.83. The summed E-state index contributed by atoms with van der Waals surface area (Å²) in [5, 5.41) is 3.88. The topological polar surface area (TPSA) is 62.3 Å². The van der Waals surface area contributed by atoms with Crippen LogP contribution in [0.4, 0.5) is 0 Å². The molecule has 1 saturated heterocycles. The average Bonchev–Trinajstić information content (AvgIpc) is 3.43. The minimum absolute atomic E-state index is 0.0626. The first-order chi connectivity index (χ1) is 14.5. The van der Waals surface area contributed by atoms with Crippen LogP contribution >= 0.6 is 0 Å². The fourth-order valence-corrected chi connectivity index (χ4v) is 4.95. The van der Waals surface area contributed by atoms with E-state index in [1.165, 1.54) is 25.7 Å². The molecule has 30 heavy (non-hydrogen) atoms. The Morgan fingerprint density at radius 2 is 1.93 bits per heavy atom. The van der Waals surface area contributed by atoms with Gasteiger partial charge in [-0.05, 0) is 44.7 Å². The standard InChI is InChI=1S/C25H33N3O2/c1-17(2)26-25(30)21-15-23(27-22-10-6-5-9-20(21)22)19-13-14-28(16-19)24(29)12-11-18-7-3-4-8-18/h5-6,9-10,15,17-19H,3-4,7-8,11-14,16H2,1-2H3,(H,26,30)/t19-/m1/s1. The minimum atomic E-state index is -0.0626. The fraction of sp³-hybridized carbons (Fsp3) is 0.560. The number of carbonyl (C=O) groups excluding carboxylic acids is 2. The normalized spacial score (nSPS) is 19.7. The van der Waals surface area contributed by atoms with Gasteiger partial charge >= 0.3 is 0 Å². The molecule has 1 aliphatic carbocycles. The van der Waals surface area contributed by atoms with Crippen LogP contribution in [-0.2, 0) is 4.79 Å². The number of nitrogens with zero attached hydrogens (tertiary/aromatic N) is 2. The van der Waals surface area contributed by atoms with Gasteiger partial charge in [-0.1, -0.05) is 43.9 Å². The van der Waals surface area contributed by atoms with Gasteiger partial charge in [0.25, 0.3) is 5.91 Å². The van der Waals surface area contributed by atoms with Crippen molar-refractivity contribution >= 4 is 22.7 Å². The van der Waals surface area contributed by atoms with Gasteiger partial charge in [0.2, 0.25) is 5.91 Å². The number of hydrogen-bond donors (Lipinski definition) is 1. The Kier molecular flexibility index (Phi) is 6.35. The molecule has 160 valence electrons. The second-order valence-corrected chi connectivity index (χ2v) is 9.25. The maximum atomic E-state index is 12.8. The van der Waals surface area contributed by atoms with Crippen molar-refractivity contribution in [2.75, 3.05) is 13.1 Å². The Labute approximate surface area is 179 Å². The van der Waals surface area contributed by atoms with Crippen molar-refractivity contribution < 1.29 is 9.59 Å². The van der Waals surface area contributed by atoms with Crippen molar-refractivity contribution in [1.82, 2.24) is 15.2 Å². The summed E-state index contributed by atoms with van der Waals surface area (Å²) in [5.41, 5.74) is 2.44. The third-order valence-corrected chi connectivity index (χ3v) is 6.60. The lowest BCUT2D eigenvalue weighted by Crippen LogP contribution is -2.30. The van der Waals surface area contributed by atoms with Gasteiger partial charge in [-0.2, -0.15) is 0 Å². The van der Waals surface area contributed by atoms with Gasteiger partial charge < -0.3 is 10.2 Å². The van der Waals surface area contributed by atoms with Crippen LogP contribution in [0.5, 0.6) is 0 Å². The van der Waals surface area contributed by atoms with Gasteiger partial charge in [0, 0.05) is 42.6 Å². The minimum Gasteiger partial charge on any atom is -0.350 e. The van der Waals surface area contributed by atoms with Gasteiger partial charge in [0.15, 0.2) is 0 Å². The van der Waals surface area contributed by atoms with Crippen LogP contribution in [0.2, 0.25) is 0 Å². The number of nitrogens with one attached hydrogen (secondary N) is 1. The Balaban J connectivity index is 1.49. The quantitative estimate of drug-likeness (QED) is 0.758. The summed E-state index contributed by atoms with van der Waals surface area (Å²) < 4.78 is 0. The lowest BCUT2D eigenvalue weighted by molar-refractivity contribution is -0.130. The average molecular weight is 408 g/mol. The van der Waals surface area contributed by atoms with Crippen LogP contribution in [0.25, 0.3) is 10.9 Å². The number of rotatable bonds is 6. The Bertz CT molecular complexity index is 918. The molecule has 1 aliphatic heterocycles. The van der Waals surface area contributed by atoms with Gasteiger partial charge in [-0.3, -0.25) is 14.6 Å². The van der Waals surface area contributed by atoms with Crippen molar-refractivity contribution in [3.63, 3.8) is 0 Å². The zero-order chi connectivity index (χ0) is 21.1. The second kappa shape index (κ2) is 9.15. The fourth-order valence-electron chi connectivity index (χ4n) is 4.95. The van der Waals surface area contributed by atoms with Crippen LogP contribution in [-0.4, -0.2) is 40.8 Å². The molecule has 1 aromatic heterocycles. The van der Waals surface area contributed by atoms with E-state index in [1.54, 1.807) is 0 Å². The highest BCUT2D eigenvalue weighted by molar-refractivity contribution is 6.06. The highest BCUT2D eigenvalue weighted by atomic mass is 16.2. The summed E-state index contributed by atoms with van der Waals surface area (Å²) >= 11 is 0. The van der Waals surface area contributed by atoms with Crippen molar-refractivity contribution in [2.45, 2.75) is 70.8 Å². The first-order valence-electron chi connectivity index (χ1n) is 11.5. The molecular weight excluding hydrogens is 374 g/mol. The number of pyridine rings is 1. The molecule has 0 radical (unpaired) electrons. The Hall–Kier alpha value is -2.43. The van der Waals surface area contributed by atoms with Gasteiger partial charge in [-0.15, -0.1) is 0 Å². The maximum Gasteiger partial charge on any atom is 0.252 e. The van der Waals surface area contributed by atoms with E-state index in [0.717, 1.165) is 41.9 Å². The number of benzene rings is 1. The molecule has 2 aliphatic rings. The summed E-state index contributed by atoms with van der Waals surface area (Å²) in [4.78, 5) is 32.4. The molecule has 1 N–H and O–H groups in total. The molecule has 2 aromatic rings. The molecule has 1 atom stereocenters. The number of fused-ring (bicyclic) bond motifs is 1. The number of para-hydroxylation sites is 1. The van der Waals surface area contributed by atoms with Crippen LogP contribution in [0.1, 0.15) is 80.8 Å². The molecular formula is C25H33N3O2. The zero-order valence-corrected chi connectivity index (χ0v) is 18.2. The molecule has 0 unspecified atom stereocenters. The van der Waals surface area contributed by atoms with E-state index in [-0.39, 0.29) is 23.8 Å². The van der Waals surface area contributed by atoms with Crippen molar-refractivity contribution in [1.29, 1.82) is 0 Å². The van der Waals surface area contributed by atoms with E-state index in [9.17, 15) is 9.59 Å². The number of carbonyl (C=O) groups is 2. The Morgan fingerprint density at radius 3 is 2.70 bits per heavy atom. The molecule has 2 heterocycles. The number of aromatic nitrogens is 1. The lowest BCUT2D eigenvalue weighted by atomic mass is 9.99. The number of likely N-dealkylation sites (tertiary alicyclic amines) is 1. The van der Waals surface area contributed by atoms with Crippen LogP contribution < -0.4 is 5.32 Å². The predicted molar refractivity (Wildman–Crippen MR) is 119 cm³/mol. The van der Waals surface area contributed by atoms with E-state index >= 15 is 0 Å². The first-order valence-corrected chi connectivity index (χ1v) is 11.5. The second-order valence-electron chi connectivity index (χ2n) is 9.25. The highest BCUT2D eigenvalue weighted by Gasteiger charge is 2.29. The third-order valence-electron chi connectivity index (χ3n) is 6.60. The summed E-state index contributed by atoms with van der Waals surface area (Å²) in [6.07, 6.45) is 7.84. The first kappa shape index (κ1) is 20.8. The molecule has 2 fully saturated rings. The molecule has 1 saturated carbocycles. The van der Waals surface area contributed by atoms with Crippen LogP contribution in [0.3, 0.4) is 0 Å². The van der Waals surface area contributed by atoms with E-state index in [1.807, 2.05) is 49.1 Å².